The van der Waals surface area contributed by atoms with E-state index in [1.54, 1.807) is 0 Å². The Morgan fingerprint density at radius 2 is 1.44 bits per heavy atom. The van der Waals surface area contributed by atoms with E-state index in [0.29, 0.717) is 0 Å². The van der Waals surface area contributed by atoms with Gasteiger partial charge in [-0.3, -0.25) is 0 Å². The van der Waals surface area contributed by atoms with Crippen LogP contribution >= 0.6 is 11.6 Å². The van der Waals surface area contributed by atoms with Crippen molar-refractivity contribution in [2.45, 2.75) is 0 Å². The fourth-order valence-electron chi connectivity index (χ4n) is 3.39. The molecule has 1 heterocycles. The van der Waals surface area contributed by atoms with E-state index >= 15 is 0 Å². The second kappa shape index (κ2) is 6.90. The van der Waals surface area contributed by atoms with Gasteiger partial charge in [0.1, 0.15) is 0 Å². The van der Waals surface area contributed by atoms with Gasteiger partial charge in [0.05, 0.1) is 0 Å². The van der Waals surface area contributed by atoms with Gasteiger partial charge in [-0.15, -0.1) is 0 Å². The SMILES string of the molecule is Clc1ccc(-c2c([Se]c3ccccc3)oc3ccc4ccccc4c23)cc1. The second-order valence-electron chi connectivity index (χ2n) is 6.35. The van der Waals surface area contributed by atoms with Crippen molar-refractivity contribution in [3.8, 4) is 11.1 Å². The van der Waals surface area contributed by atoms with Gasteiger partial charge in [0, 0.05) is 0 Å². The molecule has 1 aromatic heterocycles. The van der Waals surface area contributed by atoms with Crippen molar-refractivity contribution in [2.75, 3.05) is 0 Å². The zero-order valence-electron chi connectivity index (χ0n) is 14.4. The van der Waals surface area contributed by atoms with Gasteiger partial charge in [0.2, 0.25) is 0 Å². The third-order valence-corrected chi connectivity index (χ3v) is 6.94. The molecular formula is C24H15ClOSe. The third kappa shape index (κ3) is 3.07. The molecule has 0 bridgehead atoms. The molecule has 5 aromatic rings. The Hall–Kier alpha value is -2.51. The van der Waals surface area contributed by atoms with E-state index in [1.807, 2.05) is 18.2 Å². The summed E-state index contributed by atoms with van der Waals surface area (Å²) in [6.07, 6.45) is 0. The summed E-state index contributed by atoms with van der Waals surface area (Å²) in [4.78, 5) is 0. The first-order chi connectivity index (χ1) is 13.3. The van der Waals surface area contributed by atoms with E-state index in [-0.39, 0.29) is 15.0 Å². The topological polar surface area (TPSA) is 13.1 Å². The van der Waals surface area contributed by atoms with Gasteiger partial charge in [-0.2, -0.15) is 0 Å². The fourth-order valence-corrected chi connectivity index (χ4v) is 5.54. The zero-order valence-corrected chi connectivity index (χ0v) is 16.8. The van der Waals surface area contributed by atoms with Crippen molar-refractivity contribution in [1.29, 1.82) is 0 Å². The molecule has 0 radical (unpaired) electrons. The van der Waals surface area contributed by atoms with Gasteiger partial charge in [-0.1, -0.05) is 0 Å². The average Bonchev–Trinajstić information content (AvgIpc) is 3.08. The molecule has 1 nitrogen and oxygen atoms in total. The number of benzene rings is 4. The van der Waals surface area contributed by atoms with Crippen LogP contribution in [0.2, 0.25) is 5.02 Å². The minimum absolute atomic E-state index is 0.0797. The monoisotopic (exact) mass is 434 g/mol. The molecule has 27 heavy (non-hydrogen) atoms. The summed E-state index contributed by atoms with van der Waals surface area (Å²) >= 11 is 6.22. The molecule has 4 aromatic carbocycles. The number of furan rings is 1. The Balaban J connectivity index is 1.82. The summed E-state index contributed by atoms with van der Waals surface area (Å²) in [5.74, 6) is 0. The standard InChI is InChI=1S/C24H15ClOSe/c25-18-13-10-17(11-14-18)22-23-20-9-5-4-6-16(20)12-15-21(23)26-24(22)27-19-7-2-1-3-8-19/h1-15H. The van der Waals surface area contributed by atoms with Crippen LogP contribution in [0.3, 0.4) is 0 Å². The van der Waals surface area contributed by atoms with Gasteiger partial charge in [-0.05, 0) is 0 Å². The van der Waals surface area contributed by atoms with E-state index in [4.69, 9.17) is 16.0 Å². The molecule has 0 aliphatic carbocycles. The van der Waals surface area contributed by atoms with Crippen molar-refractivity contribution in [3.63, 3.8) is 0 Å². The number of rotatable bonds is 3. The molecule has 0 saturated heterocycles. The molecule has 0 aliphatic heterocycles. The van der Waals surface area contributed by atoms with E-state index in [9.17, 15) is 0 Å². The van der Waals surface area contributed by atoms with Gasteiger partial charge >= 0.3 is 169 Å². The molecule has 0 amide bonds. The minimum atomic E-state index is 0.0797. The predicted molar refractivity (Wildman–Crippen MR) is 116 cm³/mol. The first-order valence-electron chi connectivity index (χ1n) is 8.73. The molecule has 0 atom stereocenters. The van der Waals surface area contributed by atoms with Crippen LogP contribution in [0.25, 0.3) is 32.9 Å². The van der Waals surface area contributed by atoms with Crippen molar-refractivity contribution >= 4 is 57.4 Å². The quantitative estimate of drug-likeness (QED) is 0.339. The van der Waals surface area contributed by atoms with Crippen LogP contribution in [0.15, 0.2) is 95.4 Å². The van der Waals surface area contributed by atoms with Crippen molar-refractivity contribution in [2.24, 2.45) is 0 Å². The van der Waals surface area contributed by atoms with Crippen LogP contribution in [0, 0.1) is 0 Å². The molecule has 0 unspecified atom stereocenters. The van der Waals surface area contributed by atoms with Crippen molar-refractivity contribution in [3.05, 3.63) is 96.0 Å². The first kappa shape index (κ1) is 16.6. The molecule has 0 saturated carbocycles. The van der Waals surface area contributed by atoms with Gasteiger partial charge in [0.25, 0.3) is 0 Å². The van der Waals surface area contributed by atoms with E-state index in [1.165, 1.54) is 26.2 Å². The van der Waals surface area contributed by atoms with Crippen molar-refractivity contribution < 1.29 is 4.42 Å². The zero-order chi connectivity index (χ0) is 18.2. The number of halogens is 1. The average molecular weight is 434 g/mol. The first-order valence-corrected chi connectivity index (χ1v) is 10.8. The Bertz CT molecular complexity index is 1240. The van der Waals surface area contributed by atoms with Gasteiger partial charge in [-0.25, -0.2) is 0 Å². The number of fused-ring (bicyclic) bond motifs is 3. The van der Waals surface area contributed by atoms with E-state index in [2.05, 4.69) is 72.8 Å². The normalized spacial score (nSPS) is 11.3. The second-order valence-corrected chi connectivity index (χ2v) is 8.98. The fraction of sp³-hybridized carbons (Fsp3) is 0. The van der Waals surface area contributed by atoms with Crippen LogP contribution < -0.4 is 9.12 Å². The summed E-state index contributed by atoms with van der Waals surface area (Å²) in [5, 5.41) is 4.37. The Morgan fingerprint density at radius 3 is 2.26 bits per heavy atom. The van der Waals surface area contributed by atoms with Crippen LogP contribution in [-0.2, 0) is 0 Å². The molecule has 5 rings (SSSR count). The Kier molecular flexibility index (Phi) is 4.26. The molecule has 3 heteroatoms. The maximum absolute atomic E-state index is 6.39. The summed E-state index contributed by atoms with van der Waals surface area (Å²) < 4.78 is 8.73. The summed E-state index contributed by atoms with van der Waals surface area (Å²) in [6, 6.07) is 31.3. The molecule has 0 fully saturated rings. The number of hydrogen-bond acceptors (Lipinski definition) is 1. The van der Waals surface area contributed by atoms with Crippen molar-refractivity contribution in [1.82, 2.24) is 0 Å². The molecule has 0 spiro atoms. The molecule has 0 N–H and O–H groups in total. The Morgan fingerprint density at radius 1 is 0.704 bits per heavy atom. The van der Waals surface area contributed by atoms with E-state index in [0.717, 1.165) is 20.8 Å². The Labute approximate surface area is 168 Å². The predicted octanol–water partition coefficient (Wildman–Crippen LogP) is 5.56. The number of hydrogen-bond donors (Lipinski definition) is 0. The van der Waals surface area contributed by atoms with Crippen LogP contribution in [0.5, 0.6) is 0 Å². The molecule has 130 valence electrons. The summed E-state index contributed by atoms with van der Waals surface area (Å²) in [5.41, 5.74) is 3.26. The van der Waals surface area contributed by atoms with Crippen LogP contribution in [-0.4, -0.2) is 15.0 Å². The molecular weight excluding hydrogens is 419 g/mol. The van der Waals surface area contributed by atoms with Gasteiger partial charge < -0.3 is 0 Å². The van der Waals surface area contributed by atoms with Crippen LogP contribution in [0.4, 0.5) is 0 Å². The van der Waals surface area contributed by atoms with Gasteiger partial charge in [0.15, 0.2) is 0 Å². The van der Waals surface area contributed by atoms with E-state index < -0.39 is 0 Å². The maximum atomic E-state index is 6.39. The summed E-state index contributed by atoms with van der Waals surface area (Å²) in [7, 11) is 0. The van der Waals surface area contributed by atoms with Crippen LogP contribution in [0.1, 0.15) is 0 Å². The third-order valence-electron chi connectivity index (χ3n) is 4.63. The summed E-state index contributed by atoms with van der Waals surface area (Å²) in [6.45, 7) is 0. The molecule has 0 aliphatic rings.